The standard InChI is InChI=1S/C16H34O.C11H22O/c1-2-3-4-5-6-7-8-9-10-11-12-13-14-15-16-17;1-2-3-4-5-6-7-8-9-10-11-12/h17H,2-16H2,1H3;2,12H,1,3-11H2. The molecule has 0 aliphatic carbocycles. The van der Waals surface area contributed by atoms with Gasteiger partial charge in [0, 0.05) is 13.2 Å². The Morgan fingerprint density at radius 3 is 1.00 bits per heavy atom. The number of unbranched alkanes of at least 4 members (excludes halogenated alkanes) is 20. The third kappa shape index (κ3) is 35.5. The lowest BCUT2D eigenvalue weighted by Crippen LogP contribution is -1.84. The molecular weight excluding hydrogens is 356 g/mol. The number of rotatable bonds is 23. The van der Waals surface area contributed by atoms with Crippen molar-refractivity contribution in [3.8, 4) is 0 Å². The van der Waals surface area contributed by atoms with Crippen LogP contribution in [0.15, 0.2) is 12.7 Å². The Morgan fingerprint density at radius 1 is 0.448 bits per heavy atom. The van der Waals surface area contributed by atoms with Gasteiger partial charge in [-0.25, -0.2) is 0 Å². The van der Waals surface area contributed by atoms with E-state index in [1.807, 2.05) is 6.08 Å². The predicted octanol–water partition coefficient (Wildman–Crippen LogP) is 8.75. The van der Waals surface area contributed by atoms with Gasteiger partial charge in [-0.05, 0) is 25.7 Å². The molecule has 0 saturated heterocycles. The third-order valence-corrected chi connectivity index (χ3v) is 5.58. The summed E-state index contributed by atoms with van der Waals surface area (Å²) in [5, 5.41) is 17.2. The zero-order valence-corrected chi connectivity index (χ0v) is 20.1. The SMILES string of the molecule is C=CCCCCCCCCCO.CCCCCCCCCCCCCCCCO. The highest BCUT2D eigenvalue weighted by Crippen LogP contribution is 2.12. The second-order valence-corrected chi connectivity index (χ2v) is 8.60. The van der Waals surface area contributed by atoms with Crippen LogP contribution < -0.4 is 0 Å². The first-order valence-electron chi connectivity index (χ1n) is 13.2. The molecule has 29 heavy (non-hydrogen) atoms. The van der Waals surface area contributed by atoms with E-state index in [1.54, 1.807) is 0 Å². The van der Waals surface area contributed by atoms with Gasteiger partial charge in [-0.15, -0.1) is 6.58 Å². The maximum Gasteiger partial charge on any atom is 0.0431 e. The zero-order chi connectivity index (χ0) is 21.7. The van der Waals surface area contributed by atoms with E-state index in [1.165, 1.54) is 122 Å². The van der Waals surface area contributed by atoms with E-state index in [2.05, 4.69) is 13.5 Å². The molecule has 0 aliphatic rings. The lowest BCUT2D eigenvalue weighted by Gasteiger charge is -2.02. The smallest absolute Gasteiger partial charge is 0.0431 e. The molecule has 2 nitrogen and oxygen atoms in total. The maximum absolute atomic E-state index is 8.64. The van der Waals surface area contributed by atoms with Crippen molar-refractivity contribution in [3.63, 3.8) is 0 Å². The van der Waals surface area contributed by atoms with Crippen LogP contribution in [0.25, 0.3) is 0 Å². The van der Waals surface area contributed by atoms with Gasteiger partial charge in [-0.1, -0.05) is 129 Å². The van der Waals surface area contributed by atoms with Crippen LogP contribution in [-0.4, -0.2) is 23.4 Å². The van der Waals surface area contributed by atoms with Crippen molar-refractivity contribution in [3.05, 3.63) is 12.7 Å². The van der Waals surface area contributed by atoms with E-state index in [9.17, 15) is 0 Å². The highest BCUT2D eigenvalue weighted by molar-refractivity contribution is 4.65. The highest BCUT2D eigenvalue weighted by atomic mass is 16.3. The van der Waals surface area contributed by atoms with Crippen LogP contribution in [0.2, 0.25) is 0 Å². The molecule has 0 aromatic heterocycles. The Bertz CT molecular complexity index is 251. The minimum Gasteiger partial charge on any atom is -0.396 e. The molecule has 0 unspecified atom stereocenters. The number of aliphatic hydroxyl groups is 2. The van der Waals surface area contributed by atoms with Gasteiger partial charge < -0.3 is 10.2 Å². The second-order valence-electron chi connectivity index (χ2n) is 8.60. The fraction of sp³-hybridized carbons (Fsp3) is 0.926. The largest absolute Gasteiger partial charge is 0.396 e. The average Bonchev–Trinajstić information content (AvgIpc) is 2.74. The summed E-state index contributed by atoms with van der Waals surface area (Å²) in [6.07, 6.45) is 31.1. The summed E-state index contributed by atoms with van der Waals surface area (Å²) >= 11 is 0. The van der Waals surface area contributed by atoms with Crippen molar-refractivity contribution < 1.29 is 10.2 Å². The summed E-state index contributed by atoms with van der Waals surface area (Å²) in [4.78, 5) is 0. The minimum atomic E-state index is 0.358. The van der Waals surface area contributed by atoms with Crippen molar-refractivity contribution in [1.29, 1.82) is 0 Å². The highest BCUT2D eigenvalue weighted by Gasteiger charge is 1.93. The van der Waals surface area contributed by atoms with E-state index >= 15 is 0 Å². The average molecular weight is 413 g/mol. The van der Waals surface area contributed by atoms with Crippen molar-refractivity contribution in [2.45, 2.75) is 148 Å². The van der Waals surface area contributed by atoms with Crippen molar-refractivity contribution in [1.82, 2.24) is 0 Å². The lowest BCUT2D eigenvalue weighted by molar-refractivity contribution is 0.282. The molecule has 0 aromatic rings. The van der Waals surface area contributed by atoms with Crippen LogP contribution in [0.1, 0.15) is 148 Å². The predicted molar refractivity (Wildman–Crippen MR) is 132 cm³/mol. The molecule has 176 valence electrons. The third-order valence-electron chi connectivity index (χ3n) is 5.58. The van der Waals surface area contributed by atoms with E-state index < -0.39 is 0 Å². The molecule has 0 rings (SSSR count). The zero-order valence-electron chi connectivity index (χ0n) is 20.1. The maximum atomic E-state index is 8.64. The normalized spacial score (nSPS) is 10.6. The van der Waals surface area contributed by atoms with Gasteiger partial charge >= 0.3 is 0 Å². The molecule has 0 atom stereocenters. The van der Waals surface area contributed by atoms with Crippen LogP contribution in [0.4, 0.5) is 0 Å². The van der Waals surface area contributed by atoms with Crippen molar-refractivity contribution in [2.75, 3.05) is 13.2 Å². The quantitative estimate of drug-likeness (QED) is 0.130. The Hall–Kier alpha value is -0.340. The Morgan fingerprint density at radius 2 is 0.724 bits per heavy atom. The Labute approximate surface area is 184 Å². The molecule has 0 heterocycles. The molecule has 0 amide bonds. The molecule has 0 fully saturated rings. The number of hydrogen-bond acceptors (Lipinski definition) is 2. The molecular formula is C27H56O2. The van der Waals surface area contributed by atoms with Crippen LogP contribution in [-0.2, 0) is 0 Å². The number of aliphatic hydroxyl groups excluding tert-OH is 2. The van der Waals surface area contributed by atoms with E-state index in [4.69, 9.17) is 10.2 Å². The van der Waals surface area contributed by atoms with Gasteiger partial charge in [0.2, 0.25) is 0 Å². The molecule has 0 aromatic carbocycles. The van der Waals surface area contributed by atoms with Gasteiger partial charge in [-0.3, -0.25) is 0 Å². The molecule has 2 N–H and O–H groups in total. The molecule has 0 bridgehead atoms. The van der Waals surface area contributed by atoms with Crippen LogP contribution in [0.5, 0.6) is 0 Å². The molecule has 0 radical (unpaired) electrons. The van der Waals surface area contributed by atoms with Crippen LogP contribution in [0.3, 0.4) is 0 Å². The first-order valence-corrected chi connectivity index (χ1v) is 13.2. The first-order chi connectivity index (χ1) is 14.3. The van der Waals surface area contributed by atoms with Crippen molar-refractivity contribution in [2.24, 2.45) is 0 Å². The fourth-order valence-electron chi connectivity index (χ4n) is 3.59. The molecule has 2 heteroatoms. The summed E-state index contributed by atoms with van der Waals surface area (Å²) in [5.74, 6) is 0. The van der Waals surface area contributed by atoms with Crippen LogP contribution >= 0.6 is 0 Å². The molecule has 0 spiro atoms. The second kappa shape index (κ2) is 32.3. The summed E-state index contributed by atoms with van der Waals surface area (Å²) in [5.41, 5.74) is 0. The van der Waals surface area contributed by atoms with Crippen LogP contribution in [0, 0.1) is 0 Å². The van der Waals surface area contributed by atoms with E-state index in [0.29, 0.717) is 13.2 Å². The first kappa shape index (κ1) is 30.9. The Balaban J connectivity index is 0. The fourth-order valence-corrected chi connectivity index (χ4v) is 3.59. The Kier molecular flexibility index (Phi) is 34.4. The minimum absolute atomic E-state index is 0.358. The van der Waals surface area contributed by atoms with Crippen molar-refractivity contribution >= 4 is 0 Å². The van der Waals surface area contributed by atoms with Gasteiger partial charge in [0.05, 0.1) is 0 Å². The lowest BCUT2D eigenvalue weighted by atomic mass is 10.0. The van der Waals surface area contributed by atoms with E-state index in [0.717, 1.165) is 19.3 Å². The molecule has 0 saturated carbocycles. The topological polar surface area (TPSA) is 40.5 Å². The summed E-state index contributed by atoms with van der Waals surface area (Å²) < 4.78 is 0. The number of allylic oxidation sites excluding steroid dienone is 1. The molecule has 0 aliphatic heterocycles. The summed E-state index contributed by atoms with van der Waals surface area (Å²) in [7, 11) is 0. The van der Waals surface area contributed by atoms with Gasteiger partial charge in [0.25, 0.3) is 0 Å². The monoisotopic (exact) mass is 412 g/mol. The summed E-state index contributed by atoms with van der Waals surface area (Å²) in [6.45, 7) is 6.70. The van der Waals surface area contributed by atoms with Gasteiger partial charge in [-0.2, -0.15) is 0 Å². The number of hydrogen-bond donors (Lipinski definition) is 2. The summed E-state index contributed by atoms with van der Waals surface area (Å²) in [6, 6.07) is 0. The van der Waals surface area contributed by atoms with Gasteiger partial charge in [0.1, 0.15) is 0 Å². The van der Waals surface area contributed by atoms with Gasteiger partial charge in [0.15, 0.2) is 0 Å². The van der Waals surface area contributed by atoms with E-state index in [-0.39, 0.29) is 0 Å².